The van der Waals surface area contributed by atoms with Gasteiger partial charge in [-0.3, -0.25) is 14.9 Å². The molecule has 0 fully saturated rings. The number of nitrogens with zero attached hydrogens (tertiary/aromatic N) is 1. The molecule has 1 aromatic carbocycles. The van der Waals surface area contributed by atoms with Crippen molar-refractivity contribution in [3.8, 4) is 0 Å². The zero-order valence-electron chi connectivity index (χ0n) is 11.3. The summed E-state index contributed by atoms with van der Waals surface area (Å²) < 4.78 is 0. The van der Waals surface area contributed by atoms with Crippen LogP contribution in [0.15, 0.2) is 29.8 Å². The first-order valence-electron chi connectivity index (χ1n) is 6.28. The van der Waals surface area contributed by atoms with Crippen LogP contribution in [0.5, 0.6) is 0 Å². The van der Waals surface area contributed by atoms with E-state index >= 15 is 0 Å². The van der Waals surface area contributed by atoms with Crippen molar-refractivity contribution in [1.82, 2.24) is 10.6 Å². The minimum Gasteiger partial charge on any atom is -0.393 e. The number of nitro groups is 1. The van der Waals surface area contributed by atoms with Crippen molar-refractivity contribution in [2.75, 3.05) is 25.4 Å². The number of hydrogen-bond donors (Lipinski definition) is 3. The number of carbonyl (C=O) groups is 1. The quantitative estimate of drug-likeness (QED) is 0.335. The largest absolute Gasteiger partial charge is 0.393 e. The van der Waals surface area contributed by atoms with Gasteiger partial charge in [-0.25, -0.2) is 0 Å². The molecule has 1 aromatic rings. The molecule has 0 saturated heterocycles. The van der Waals surface area contributed by atoms with E-state index in [1.165, 1.54) is 18.2 Å². The standard InChI is InChI=1S/C13H16N4O3.ClH/c14-11-2-1-10(7-12(11)17(19)20)13(18)16-8-9-3-5-15-6-4-9;/h1-3,7,15H,4-6,8,14H2,(H,16,18);1H. The van der Waals surface area contributed by atoms with Crippen LogP contribution in [-0.2, 0) is 0 Å². The Morgan fingerprint density at radius 1 is 1.48 bits per heavy atom. The molecule has 7 nitrogen and oxygen atoms in total. The van der Waals surface area contributed by atoms with Gasteiger partial charge in [-0.1, -0.05) is 11.6 Å². The third kappa shape index (κ3) is 4.44. The molecule has 0 unspecified atom stereocenters. The summed E-state index contributed by atoms with van der Waals surface area (Å²) in [5, 5.41) is 16.7. The summed E-state index contributed by atoms with van der Waals surface area (Å²) in [6.45, 7) is 2.16. The van der Waals surface area contributed by atoms with Crippen LogP contribution in [0, 0.1) is 10.1 Å². The minimum atomic E-state index is -0.596. The van der Waals surface area contributed by atoms with E-state index < -0.39 is 4.92 Å². The third-order valence-corrected chi connectivity index (χ3v) is 3.12. The van der Waals surface area contributed by atoms with Crippen molar-refractivity contribution in [1.29, 1.82) is 0 Å². The molecule has 1 heterocycles. The Labute approximate surface area is 128 Å². The maximum absolute atomic E-state index is 12.0. The maximum Gasteiger partial charge on any atom is 0.292 e. The van der Waals surface area contributed by atoms with E-state index in [0.717, 1.165) is 25.1 Å². The summed E-state index contributed by atoms with van der Waals surface area (Å²) in [7, 11) is 0. The maximum atomic E-state index is 12.0. The monoisotopic (exact) mass is 312 g/mol. The SMILES string of the molecule is Cl.Nc1ccc(C(=O)NCC2=CCNCC2)cc1[N+](=O)[O-]. The van der Waals surface area contributed by atoms with Gasteiger partial charge in [-0.15, -0.1) is 12.4 Å². The van der Waals surface area contributed by atoms with E-state index in [0.29, 0.717) is 6.54 Å². The van der Waals surface area contributed by atoms with Crippen molar-refractivity contribution in [3.63, 3.8) is 0 Å². The number of anilines is 1. The number of carbonyl (C=O) groups excluding carboxylic acids is 1. The highest BCUT2D eigenvalue weighted by atomic mass is 35.5. The second-order valence-electron chi connectivity index (χ2n) is 4.53. The lowest BCUT2D eigenvalue weighted by molar-refractivity contribution is -0.383. The van der Waals surface area contributed by atoms with Crippen molar-refractivity contribution in [2.24, 2.45) is 0 Å². The summed E-state index contributed by atoms with van der Waals surface area (Å²) in [5.41, 5.74) is 6.68. The van der Waals surface area contributed by atoms with Crippen LogP contribution in [0.2, 0.25) is 0 Å². The highest BCUT2D eigenvalue weighted by Crippen LogP contribution is 2.22. The van der Waals surface area contributed by atoms with Gasteiger partial charge in [-0.05, 0) is 25.1 Å². The third-order valence-electron chi connectivity index (χ3n) is 3.12. The van der Waals surface area contributed by atoms with E-state index in [-0.39, 0.29) is 35.3 Å². The van der Waals surface area contributed by atoms with Gasteiger partial charge in [0.05, 0.1) is 4.92 Å². The van der Waals surface area contributed by atoms with Crippen LogP contribution in [0.25, 0.3) is 0 Å². The van der Waals surface area contributed by atoms with Gasteiger partial charge in [0.25, 0.3) is 11.6 Å². The Bertz CT molecular complexity index is 575. The minimum absolute atomic E-state index is 0. The molecule has 0 aliphatic carbocycles. The van der Waals surface area contributed by atoms with Gasteiger partial charge in [-0.2, -0.15) is 0 Å². The predicted octanol–water partition coefficient (Wildman–Crippen LogP) is 1.25. The van der Waals surface area contributed by atoms with Gasteiger partial charge < -0.3 is 16.4 Å². The first-order chi connectivity index (χ1) is 9.58. The van der Waals surface area contributed by atoms with Crippen molar-refractivity contribution in [3.05, 3.63) is 45.5 Å². The van der Waals surface area contributed by atoms with Crippen LogP contribution in [0.3, 0.4) is 0 Å². The molecule has 1 aliphatic rings. The molecular formula is C13H17ClN4O3. The van der Waals surface area contributed by atoms with Crippen LogP contribution >= 0.6 is 12.4 Å². The molecule has 1 aliphatic heterocycles. The van der Waals surface area contributed by atoms with Crippen LogP contribution in [0.4, 0.5) is 11.4 Å². The summed E-state index contributed by atoms with van der Waals surface area (Å²) in [6, 6.07) is 4.05. The number of nitrogens with two attached hydrogens (primary N) is 1. The Hall–Kier alpha value is -2.12. The first-order valence-corrected chi connectivity index (χ1v) is 6.28. The average molecular weight is 313 g/mol. The fourth-order valence-electron chi connectivity index (χ4n) is 1.97. The first kappa shape index (κ1) is 16.9. The van der Waals surface area contributed by atoms with Crippen LogP contribution in [-0.4, -0.2) is 30.5 Å². The van der Waals surface area contributed by atoms with Crippen LogP contribution in [0.1, 0.15) is 16.8 Å². The molecule has 1 amide bonds. The number of nitrogens with one attached hydrogen (secondary N) is 2. The summed E-state index contributed by atoms with van der Waals surface area (Å²) in [4.78, 5) is 22.1. The summed E-state index contributed by atoms with van der Waals surface area (Å²) in [5.74, 6) is -0.340. The van der Waals surface area contributed by atoms with E-state index in [9.17, 15) is 14.9 Å². The van der Waals surface area contributed by atoms with Crippen molar-refractivity contribution < 1.29 is 9.72 Å². The van der Waals surface area contributed by atoms with Gasteiger partial charge in [0.15, 0.2) is 0 Å². The molecule has 2 rings (SSSR count). The smallest absolute Gasteiger partial charge is 0.292 e. The van der Waals surface area contributed by atoms with E-state index in [4.69, 9.17) is 5.73 Å². The second kappa shape index (κ2) is 7.61. The molecule has 0 radical (unpaired) electrons. The molecule has 21 heavy (non-hydrogen) atoms. The summed E-state index contributed by atoms with van der Waals surface area (Å²) >= 11 is 0. The highest BCUT2D eigenvalue weighted by molar-refractivity contribution is 5.95. The fourth-order valence-corrected chi connectivity index (χ4v) is 1.97. The van der Waals surface area contributed by atoms with Crippen molar-refractivity contribution in [2.45, 2.75) is 6.42 Å². The molecule has 0 saturated carbocycles. The number of benzene rings is 1. The lowest BCUT2D eigenvalue weighted by atomic mass is 10.1. The molecule has 0 bridgehead atoms. The number of hydrogen-bond acceptors (Lipinski definition) is 5. The average Bonchev–Trinajstić information content (AvgIpc) is 2.46. The number of rotatable bonds is 4. The van der Waals surface area contributed by atoms with Gasteiger partial charge in [0.2, 0.25) is 0 Å². The lowest BCUT2D eigenvalue weighted by Crippen LogP contribution is -2.29. The van der Waals surface area contributed by atoms with E-state index in [1.807, 2.05) is 6.08 Å². The Morgan fingerprint density at radius 3 is 2.86 bits per heavy atom. The van der Waals surface area contributed by atoms with Crippen molar-refractivity contribution >= 4 is 29.7 Å². The van der Waals surface area contributed by atoms with Crippen LogP contribution < -0.4 is 16.4 Å². The lowest BCUT2D eigenvalue weighted by Gasteiger charge is -2.14. The molecular weight excluding hydrogens is 296 g/mol. The molecule has 0 spiro atoms. The van der Waals surface area contributed by atoms with Gasteiger partial charge >= 0.3 is 0 Å². The number of nitrogen functional groups attached to an aromatic ring is 1. The number of nitro benzene ring substituents is 1. The van der Waals surface area contributed by atoms with Gasteiger partial charge in [0, 0.05) is 24.7 Å². The zero-order valence-corrected chi connectivity index (χ0v) is 12.1. The zero-order chi connectivity index (χ0) is 14.5. The van der Waals surface area contributed by atoms with E-state index in [1.54, 1.807) is 0 Å². The molecule has 4 N–H and O–H groups in total. The Morgan fingerprint density at radius 2 is 2.24 bits per heavy atom. The summed E-state index contributed by atoms with van der Waals surface area (Å²) in [6.07, 6.45) is 2.93. The molecule has 114 valence electrons. The van der Waals surface area contributed by atoms with Gasteiger partial charge in [0.1, 0.15) is 5.69 Å². The highest BCUT2D eigenvalue weighted by Gasteiger charge is 2.15. The molecule has 0 aromatic heterocycles. The fraction of sp³-hybridized carbons (Fsp3) is 0.308. The van der Waals surface area contributed by atoms with E-state index in [2.05, 4.69) is 10.6 Å². The Kier molecular flexibility index (Phi) is 6.13. The second-order valence-corrected chi connectivity index (χ2v) is 4.53. The molecule has 0 atom stereocenters. The predicted molar refractivity (Wildman–Crippen MR) is 82.7 cm³/mol. The number of halogens is 1. The Balaban J connectivity index is 0.00000220. The molecule has 8 heteroatoms. The topological polar surface area (TPSA) is 110 Å². The number of amides is 1. The normalized spacial score (nSPS) is 13.8.